The van der Waals surface area contributed by atoms with Crippen LogP contribution in [0.25, 0.3) is 22.9 Å². The molecule has 0 amide bonds. The van der Waals surface area contributed by atoms with Crippen molar-refractivity contribution in [2.24, 2.45) is 0 Å². The van der Waals surface area contributed by atoms with E-state index >= 15 is 0 Å². The highest BCUT2D eigenvalue weighted by Gasteiger charge is 2.20. The van der Waals surface area contributed by atoms with Gasteiger partial charge in [-0.3, -0.25) is 0 Å². The molecule has 0 aliphatic carbocycles. The number of benzene rings is 2. The number of nitrogens with zero attached hydrogens (tertiary/aromatic N) is 2. The first kappa shape index (κ1) is 13.7. The summed E-state index contributed by atoms with van der Waals surface area (Å²) >= 11 is 12.0. The van der Waals surface area contributed by atoms with E-state index in [1.54, 1.807) is 0 Å². The maximum atomic E-state index is 6.10. The van der Waals surface area contributed by atoms with Crippen LogP contribution in [0.4, 0.5) is 0 Å². The molecule has 0 spiro atoms. The predicted octanol–water partition coefficient (Wildman–Crippen LogP) is 4.87. The van der Waals surface area contributed by atoms with Gasteiger partial charge in [0, 0.05) is 10.0 Å². The molecule has 22 heavy (non-hydrogen) atoms. The number of aromatic nitrogens is 2. The predicted molar refractivity (Wildman–Crippen MR) is 90.0 cm³/mol. The van der Waals surface area contributed by atoms with E-state index in [-0.39, 0.29) is 0 Å². The Morgan fingerprint density at radius 3 is 2.64 bits per heavy atom. The second-order valence-electron chi connectivity index (χ2n) is 5.13. The maximum Gasteiger partial charge on any atom is 0.176 e. The van der Waals surface area contributed by atoms with Gasteiger partial charge in [-0.05, 0) is 42.0 Å². The Morgan fingerprint density at radius 1 is 1.05 bits per heavy atom. The van der Waals surface area contributed by atoms with Crippen LogP contribution < -0.4 is 0 Å². The Morgan fingerprint density at radius 2 is 1.82 bits per heavy atom. The Hall–Kier alpha value is -1.97. The Labute approximate surface area is 137 Å². The van der Waals surface area contributed by atoms with Crippen molar-refractivity contribution in [1.29, 1.82) is 0 Å². The van der Waals surface area contributed by atoms with Crippen molar-refractivity contribution in [2.75, 3.05) is 6.61 Å². The molecule has 1 aliphatic heterocycles. The first-order chi connectivity index (χ1) is 10.7. The number of hydrogen-bond donors (Lipinski definition) is 0. The summed E-state index contributed by atoms with van der Waals surface area (Å²) in [6.45, 7) is 1.38. The minimum atomic E-state index is 0.615. The van der Waals surface area contributed by atoms with E-state index in [9.17, 15) is 0 Å². The molecule has 2 heterocycles. The molecule has 0 unspecified atom stereocenters. The molecule has 0 saturated carbocycles. The molecule has 0 N–H and O–H groups in total. The standard InChI is InChI=1S/C17H12Cl2N2O/c18-12-3-1-11(2-4-12)9-16-17-20-14-6-5-13(19)10-15(14)21(17)7-8-22-16/h1-6,9-10H,7-8H2. The molecule has 3 aromatic rings. The Balaban J connectivity index is 1.85. The van der Waals surface area contributed by atoms with Gasteiger partial charge < -0.3 is 9.30 Å². The number of rotatable bonds is 1. The summed E-state index contributed by atoms with van der Waals surface area (Å²) in [6, 6.07) is 13.4. The minimum absolute atomic E-state index is 0.615. The average Bonchev–Trinajstić information content (AvgIpc) is 2.89. The monoisotopic (exact) mass is 330 g/mol. The van der Waals surface area contributed by atoms with E-state index in [1.165, 1.54) is 0 Å². The fraction of sp³-hybridized carbons (Fsp3) is 0.118. The van der Waals surface area contributed by atoms with Gasteiger partial charge in [0.05, 0.1) is 17.6 Å². The van der Waals surface area contributed by atoms with E-state index in [1.807, 2.05) is 48.5 Å². The second-order valence-corrected chi connectivity index (χ2v) is 6.00. The molecule has 3 nitrogen and oxygen atoms in total. The van der Waals surface area contributed by atoms with Crippen molar-refractivity contribution in [1.82, 2.24) is 9.55 Å². The van der Waals surface area contributed by atoms with Crippen LogP contribution in [0, 0.1) is 0 Å². The summed E-state index contributed by atoms with van der Waals surface area (Å²) in [7, 11) is 0. The third-order valence-corrected chi connectivity index (χ3v) is 4.16. The van der Waals surface area contributed by atoms with Crippen LogP contribution in [-0.2, 0) is 11.3 Å². The van der Waals surface area contributed by atoms with Gasteiger partial charge in [-0.25, -0.2) is 4.98 Å². The van der Waals surface area contributed by atoms with Crippen LogP contribution in [0.1, 0.15) is 11.4 Å². The van der Waals surface area contributed by atoms with Gasteiger partial charge >= 0.3 is 0 Å². The fourth-order valence-corrected chi connectivity index (χ4v) is 2.93. The summed E-state index contributed by atoms with van der Waals surface area (Å²) in [5.41, 5.74) is 2.98. The van der Waals surface area contributed by atoms with E-state index in [4.69, 9.17) is 27.9 Å². The van der Waals surface area contributed by atoms with Crippen molar-refractivity contribution in [3.05, 3.63) is 63.9 Å². The highest BCUT2D eigenvalue weighted by molar-refractivity contribution is 6.31. The third kappa shape index (κ3) is 2.36. The molecule has 1 aliphatic rings. The normalized spacial score (nSPS) is 15.8. The van der Waals surface area contributed by atoms with E-state index in [0.29, 0.717) is 16.7 Å². The van der Waals surface area contributed by atoms with Crippen molar-refractivity contribution in [3.63, 3.8) is 0 Å². The van der Waals surface area contributed by atoms with Crippen molar-refractivity contribution >= 4 is 46.1 Å². The van der Waals surface area contributed by atoms with Gasteiger partial charge in [-0.1, -0.05) is 35.3 Å². The minimum Gasteiger partial charge on any atom is -0.488 e. The lowest BCUT2D eigenvalue weighted by atomic mass is 10.2. The molecule has 0 fully saturated rings. The highest BCUT2D eigenvalue weighted by Crippen LogP contribution is 2.29. The first-order valence-corrected chi connectivity index (χ1v) is 7.72. The number of fused-ring (bicyclic) bond motifs is 3. The van der Waals surface area contributed by atoms with Gasteiger partial charge in [-0.15, -0.1) is 0 Å². The Kier molecular flexibility index (Phi) is 3.32. The van der Waals surface area contributed by atoms with Crippen LogP contribution in [0.5, 0.6) is 0 Å². The quantitative estimate of drug-likeness (QED) is 0.636. The van der Waals surface area contributed by atoms with Gasteiger partial charge in [-0.2, -0.15) is 0 Å². The van der Waals surface area contributed by atoms with Crippen LogP contribution in [-0.4, -0.2) is 16.2 Å². The molecule has 1 aromatic heterocycles. The van der Waals surface area contributed by atoms with Crippen LogP contribution in [0.2, 0.25) is 10.0 Å². The molecule has 2 aromatic carbocycles. The summed E-state index contributed by atoms with van der Waals surface area (Å²) in [5, 5.41) is 1.43. The van der Waals surface area contributed by atoms with Gasteiger partial charge in [0.15, 0.2) is 11.6 Å². The molecule has 0 saturated heterocycles. The summed E-state index contributed by atoms with van der Waals surface area (Å²) < 4.78 is 7.96. The van der Waals surface area contributed by atoms with Crippen molar-refractivity contribution in [3.8, 4) is 0 Å². The summed E-state index contributed by atoms with van der Waals surface area (Å²) in [5.74, 6) is 1.60. The third-order valence-electron chi connectivity index (χ3n) is 3.67. The second kappa shape index (κ2) is 5.34. The van der Waals surface area contributed by atoms with E-state index in [0.717, 1.165) is 34.7 Å². The molecule has 5 heteroatoms. The lowest BCUT2D eigenvalue weighted by Gasteiger charge is -2.19. The summed E-state index contributed by atoms with van der Waals surface area (Å²) in [4.78, 5) is 4.67. The maximum absolute atomic E-state index is 6.10. The first-order valence-electron chi connectivity index (χ1n) is 6.97. The lowest BCUT2D eigenvalue weighted by molar-refractivity contribution is 0.239. The topological polar surface area (TPSA) is 27.1 Å². The number of imidazole rings is 1. The highest BCUT2D eigenvalue weighted by atomic mass is 35.5. The molecular formula is C17H12Cl2N2O. The molecule has 0 radical (unpaired) electrons. The fourth-order valence-electron chi connectivity index (χ4n) is 2.64. The summed E-state index contributed by atoms with van der Waals surface area (Å²) in [6.07, 6.45) is 1.98. The molecule has 0 bridgehead atoms. The average molecular weight is 331 g/mol. The molecule has 110 valence electrons. The molecule has 0 atom stereocenters. The number of halogens is 2. The number of hydrogen-bond acceptors (Lipinski definition) is 2. The zero-order chi connectivity index (χ0) is 15.1. The lowest BCUT2D eigenvalue weighted by Crippen LogP contribution is -2.15. The van der Waals surface area contributed by atoms with Crippen LogP contribution in [0.15, 0.2) is 42.5 Å². The van der Waals surface area contributed by atoms with Gasteiger partial charge in [0.2, 0.25) is 0 Å². The van der Waals surface area contributed by atoms with Crippen molar-refractivity contribution in [2.45, 2.75) is 6.54 Å². The van der Waals surface area contributed by atoms with Crippen molar-refractivity contribution < 1.29 is 4.74 Å². The zero-order valence-corrected chi connectivity index (χ0v) is 13.1. The van der Waals surface area contributed by atoms with Crippen LogP contribution in [0.3, 0.4) is 0 Å². The van der Waals surface area contributed by atoms with E-state index in [2.05, 4.69) is 9.55 Å². The largest absolute Gasteiger partial charge is 0.488 e. The smallest absolute Gasteiger partial charge is 0.176 e. The molecule has 4 rings (SSSR count). The van der Waals surface area contributed by atoms with E-state index < -0.39 is 0 Å². The van der Waals surface area contributed by atoms with Gasteiger partial charge in [0.1, 0.15) is 6.61 Å². The molecular weight excluding hydrogens is 319 g/mol. The van der Waals surface area contributed by atoms with Crippen LogP contribution >= 0.6 is 23.2 Å². The van der Waals surface area contributed by atoms with Gasteiger partial charge in [0.25, 0.3) is 0 Å². The zero-order valence-electron chi connectivity index (χ0n) is 11.6. The number of ether oxygens (including phenoxy) is 1. The Bertz CT molecular complexity index is 882. The SMILES string of the molecule is Clc1ccc(C=C2OCCn3c2nc2ccc(Cl)cc23)cc1.